The summed E-state index contributed by atoms with van der Waals surface area (Å²) in [4.78, 5) is 34.2. The number of ketones is 2. The fourth-order valence-corrected chi connectivity index (χ4v) is 2.41. The molecule has 1 rings (SSSR count). The Morgan fingerprint density at radius 1 is 1.15 bits per heavy atom. The van der Waals surface area contributed by atoms with E-state index in [2.05, 4.69) is 5.32 Å². The zero-order valence-corrected chi connectivity index (χ0v) is 12.5. The van der Waals surface area contributed by atoms with Crippen molar-refractivity contribution in [1.29, 1.82) is 0 Å². The smallest absolute Gasteiger partial charge is 0.234 e. The van der Waals surface area contributed by atoms with Crippen LogP contribution in [0.3, 0.4) is 0 Å². The molecule has 20 heavy (non-hydrogen) atoms. The molecule has 108 valence electrons. The number of benzene rings is 1. The first-order valence-corrected chi connectivity index (χ1v) is 7.05. The van der Waals surface area contributed by atoms with Crippen LogP contribution in [0.1, 0.15) is 13.8 Å². The monoisotopic (exact) mass is 295 g/mol. The highest BCUT2D eigenvalue weighted by atomic mass is 32.2. The molecule has 0 saturated carbocycles. The van der Waals surface area contributed by atoms with Crippen LogP contribution in [0.25, 0.3) is 0 Å². The third-order valence-electron chi connectivity index (χ3n) is 2.49. The van der Waals surface area contributed by atoms with E-state index in [-0.39, 0.29) is 23.2 Å². The van der Waals surface area contributed by atoms with Crippen LogP contribution < -0.4 is 10.1 Å². The van der Waals surface area contributed by atoms with E-state index in [1.54, 1.807) is 31.4 Å². The summed E-state index contributed by atoms with van der Waals surface area (Å²) in [5.74, 6) is 0.0216. The van der Waals surface area contributed by atoms with E-state index in [1.807, 2.05) is 0 Å². The highest BCUT2D eigenvalue weighted by Gasteiger charge is 2.21. The molecule has 0 heterocycles. The summed E-state index contributed by atoms with van der Waals surface area (Å²) in [5.41, 5.74) is 0.638. The van der Waals surface area contributed by atoms with Crippen molar-refractivity contribution in [3.8, 4) is 5.75 Å². The molecule has 0 spiro atoms. The summed E-state index contributed by atoms with van der Waals surface area (Å²) < 4.78 is 5.01. The van der Waals surface area contributed by atoms with Crippen LogP contribution in [-0.2, 0) is 14.4 Å². The van der Waals surface area contributed by atoms with Gasteiger partial charge in [0.05, 0.1) is 12.9 Å². The SMILES string of the molecule is COc1ccc(NC(=O)CSC(C(C)=O)C(C)=O)cc1. The maximum Gasteiger partial charge on any atom is 0.234 e. The van der Waals surface area contributed by atoms with Crippen molar-refractivity contribution in [3.63, 3.8) is 0 Å². The second-order valence-electron chi connectivity index (χ2n) is 4.19. The van der Waals surface area contributed by atoms with Gasteiger partial charge in [0.15, 0.2) is 0 Å². The normalized spacial score (nSPS) is 10.2. The minimum absolute atomic E-state index is 0.0514. The minimum atomic E-state index is -0.767. The molecule has 1 aromatic rings. The quantitative estimate of drug-likeness (QED) is 0.778. The van der Waals surface area contributed by atoms with Crippen molar-refractivity contribution in [1.82, 2.24) is 0 Å². The van der Waals surface area contributed by atoms with Crippen LogP contribution in [0.2, 0.25) is 0 Å². The summed E-state index contributed by atoms with van der Waals surface area (Å²) in [5, 5.41) is 1.92. The molecule has 0 unspecified atom stereocenters. The van der Waals surface area contributed by atoms with Gasteiger partial charge >= 0.3 is 0 Å². The number of hydrogen-bond acceptors (Lipinski definition) is 5. The van der Waals surface area contributed by atoms with Crippen LogP contribution in [0, 0.1) is 0 Å². The lowest BCUT2D eigenvalue weighted by atomic mass is 10.2. The molecule has 0 fully saturated rings. The zero-order valence-electron chi connectivity index (χ0n) is 11.6. The summed E-state index contributed by atoms with van der Waals surface area (Å²) in [6.07, 6.45) is 0. The average Bonchev–Trinajstić information content (AvgIpc) is 2.39. The van der Waals surface area contributed by atoms with Crippen molar-refractivity contribution in [2.75, 3.05) is 18.2 Å². The van der Waals surface area contributed by atoms with Gasteiger partial charge < -0.3 is 10.1 Å². The number of carbonyl (C=O) groups is 3. The maximum absolute atomic E-state index is 11.7. The fraction of sp³-hybridized carbons (Fsp3) is 0.357. The van der Waals surface area contributed by atoms with Gasteiger partial charge in [-0.1, -0.05) is 0 Å². The Morgan fingerprint density at radius 3 is 2.15 bits per heavy atom. The van der Waals surface area contributed by atoms with Crippen LogP contribution in [-0.4, -0.2) is 35.6 Å². The van der Waals surface area contributed by atoms with Gasteiger partial charge in [-0.25, -0.2) is 0 Å². The van der Waals surface area contributed by atoms with Crippen molar-refractivity contribution < 1.29 is 19.1 Å². The number of nitrogens with one attached hydrogen (secondary N) is 1. The summed E-state index contributed by atoms with van der Waals surface area (Å²) in [6.45, 7) is 2.70. The van der Waals surface area contributed by atoms with Crippen LogP contribution >= 0.6 is 11.8 Å². The zero-order chi connectivity index (χ0) is 15.1. The number of carbonyl (C=O) groups excluding carboxylic acids is 3. The lowest BCUT2D eigenvalue weighted by Gasteiger charge is -2.10. The number of rotatable bonds is 7. The van der Waals surface area contributed by atoms with Gasteiger partial charge in [0, 0.05) is 5.69 Å². The molecule has 5 nitrogen and oxygen atoms in total. The Balaban J connectivity index is 2.50. The van der Waals surface area contributed by atoms with E-state index >= 15 is 0 Å². The molecule has 0 aliphatic carbocycles. The highest BCUT2D eigenvalue weighted by Crippen LogP contribution is 2.17. The Kier molecular flexibility index (Phi) is 6.24. The molecule has 0 aliphatic heterocycles. The molecule has 1 N–H and O–H groups in total. The predicted octanol–water partition coefficient (Wildman–Crippen LogP) is 1.91. The molecule has 0 saturated heterocycles. The number of thioether (sulfide) groups is 1. The summed E-state index contributed by atoms with van der Waals surface area (Å²) in [7, 11) is 1.56. The first kappa shape index (κ1) is 16.2. The van der Waals surface area contributed by atoms with Crippen molar-refractivity contribution in [2.24, 2.45) is 0 Å². The molecular formula is C14H17NO4S. The molecule has 0 aliphatic rings. The Bertz CT molecular complexity index is 484. The number of methoxy groups -OCH3 is 1. The topological polar surface area (TPSA) is 72.5 Å². The van der Waals surface area contributed by atoms with Crippen LogP contribution in [0.4, 0.5) is 5.69 Å². The Morgan fingerprint density at radius 2 is 1.70 bits per heavy atom. The number of amides is 1. The van der Waals surface area contributed by atoms with Gasteiger partial charge in [0.2, 0.25) is 5.91 Å². The molecule has 6 heteroatoms. The first-order chi connectivity index (χ1) is 9.43. The maximum atomic E-state index is 11.7. The molecule has 1 amide bonds. The number of ether oxygens (including phenoxy) is 1. The Labute approximate surface area is 122 Å². The average molecular weight is 295 g/mol. The molecular weight excluding hydrogens is 278 g/mol. The molecule has 0 atom stereocenters. The summed E-state index contributed by atoms with van der Waals surface area (Å²) >= 11 is 1.04. The number of anilines is 1. The van der Waals surface area contributed by atoms with Crippen molar-refractivity contribution in [3.05, 3.63) is 24.3 Å². The van der Waals surface area contributed by atoms with E-state index in [1.165, 1.54) is 13.8 Å². The molecule has 1 aromatic carbocycles. The second kappa shape index (κ2) is 7.69. The van der Waals surface area contributed by atoms with Crippen LogP contribution in [0.15, 0.2) is 24.3 Å². The van der Waals surface area contributed by atoms with E-state index in [9.17, 15) is 14.4 Å². The number of hydrogen-bond donors (Lipinski definition) is 1. The lowest BCUT2D eigenvalue weighted by Crippen LogP contribution is -2.25. The molecule has 0 radical (unpaired) electrons. The van der Waals surface area contributed by atoms with E-state index < -0.39 is 5.25 Å². The van der Waals surface area contributed by atoms with Crippen molar-refractivity contribution in [2.45, 2.75) is 19.1 Å². The summed E-state index contributed by atoms with van der Waals surface area (Å²) in [6, 6.07) is 6.90. The molecule has 0 aromatic heterocycles. The highest BCUT2D eigenvalue weighted by molar-refractivity contribution is 8.02. The predicted molar refractivity (Wildman–Crippen MR) is 79.2 cm³/mol. The third-order valence-corrected chi connectivity index (χ3v) is 3.92. The van der Waals surface area contributed by atoms with Gasteiger partial charge in [-0.15, -0.1) is 11.8 Å². The van der Waals surface area contributed by atoms with E-state index in [0.29, 0.717) is 11.4 Å². The second-order valence-corrected chi connectivity index (χ2v) is 5.28. The van der Waals surface area contributed by atoms with Crippen LogP contribution in [0.5, 0.6) is 5.75 Å². The van der Waals surface area contributed by atoms with Gasteiger partial charge in [-0.2, -0.15) is 0 Å². The van der Waals surface area contributed by atoms with Gasteiger partial charge in [0.1, 0.15) is 22.6 Å². The van der Waals surface area contributed by atoms with Crippen molar-refractivity contribution >= 4 is 34.9 Å². The first-order valence-electron chi connectivity index (χ1n) is 6.00. The largest absolute Gasteiger partial charge is 0.497 e. The standard InChI is InChI=1S/C14H17NO4S/c1-9(16)14(10(2)17)20-8-13(18)15-11-4-6-12(19-3)7-5-11/h4-7,14H,8H2,1-3H3,(H,15,18). The lowest BCUT2D eigenvalue weighted by molar-refractivity contribution is -0.123. The third kappa shape index (κ3) is 5.05. The Hall–Kier alpha value is -1.82. The van der Waals surface area contributed by atoms with E-state index in [0.717, 1.165) is 11.8 Å². The van der Waals surface area contributed by atoms with Gasteiger partial charge in [-0.3, -0.25) is 14.4 Å². The fourth-order valence-electron chi connectivity index (χ4n) is 1.55. The minimum Gasteiger partial charge on any atom is -0.497 e. The van der Waals surface area contributed by atoms with Gasteiger partial charge in [0.25, 0.3) is 0 Å². The molecule has 0 bridgehead atoms. The number of Topliss-reactive ketones (excluding diaryl/α,β-unsaturated/α-hetero) is 2. The van der Waals surface area contributed by atoms with E-state index in [4.69, 9.17) is 4.74 Å². The van der Waals surface area contributed by atoms with Gasteiger partial charge in [-0.05, 0) is 38.1 Å².